The number of aromatic nitrogens is 1. The summed E-state index contributed by atoms with van der Waals surface area (Å²) in [5.41, 5.74) is 1.24. The molecule has 164 valence electrons. The summed E-state index contributed by atoms with van der Waals surface area (Å²) in [7, 11) is 1.59. The summed E-state index contributed by atoms with van der Waals surface area (Å²) < 4.78 is 21.0. The van der Waals surface area contributed by atoms with E-state index >= 15 is 0 Å². The van der Waals surface area contributed by atoms with Crippen LogP contribution in [-0.2, 0) is 25.4 Å². The summed E-state index contributed by atoms with van der Waals surface area (Å²) in [6.07, 6.45) is -0.468. The Morgan fingerprint density at radius 2 is 1.97 bits per heavy atom. The second-order valence-electron chi connectivity index (χ2n) is 7.30. The fourth-order valence-electron chi connectivity index (χ4n) is 2.42. The van der Waals surface area contributed by atoms with E-state index in [9.17, 15) is 9.59 Å². The molecule has 8 nitrogen and oxygen atoms in total. The first-order valence-corrected chi connectivity index (χ1v) is 10.5. The molecule has 1 heterocycles. The van der Waals surface area contributed by atoms with Crippen LogP contribution in [0.25, 0.3) is 10.6 Å². The Labute approximate surface area is 180 Å². The van der Waals surface area contributed by atoms with Crippen LogP contribution in [0.4, 0.5) is 10.5 Å². The van der Waals surface area contributed by atoms with Gasteiger partial charge >= 0.3 is 12.1 Å². The average molecular weight is 437 g/mol. The number of thiazole rings is 1. The van der Waals surface area contributed by atoms with Gasteiger partial charge in [-0.15, -0.1) is 11.3 Å². The van der Waals surface area contributed by atoms with Crippen molar-refractivity contribution in [2.45, 2.75) is 39.7 Å². The van der Waals surface area contributed by atoms with E-state index in [1.54, 1.807) is 46.9 Å². The first-order chi connectivity index (χ1) is 14.2. The van der Waals surface area contributed by atoms with Crippen LogP contribution < -0.4 is 10.1 Å². The number of methoxy groups -OCH3 is 1. The van der Waals surface area contributed by atoms with E-state index < -0.39 is 11.7 Å². The molecule has 0 aliphatic heterocycles. The smallest absolute Gasteiger partial charge is 0.412 e. The van der Waals surface area contributed by atoms with Gasteiger partial charge < -0.3 is 18.9 Å². The van der Waals surface area contributed by atoms with Crippen LogP contribution in [0.5, 0.6) is 5.75 Å². The molecule has 1 aromatic heterocycles. The zero-order valence-electron chi connectivity index (χ0n) is 17.9. The van der Waals surface area contributed by atoms with Crippen molar-refractivity contribution < 1.29 is 28.5 Å². The standard InChI is InChI=1S/C21H28N2O6S/c1-6-27-18(24)12-15-13-30-19(22-15)14-7-8-17(28-10-9-26-5)16(11-14)23-20(25)29-21(2,3)4/h7-8,11,13H,6,9-10,12H2,1-5H3,(H,23,25). The lowest BCUT2D eigenvalue weighted by molar-refractivity contribution is -0.142. The Morgan fingerprint density at radius 1 is 1.20 bits per heavy atom. The third-order valence-electron chi connectivity index (χ3n) is 3.59. The van der Waals surface area contributed by atoms with Crippen LogP contribution in [0.3, 0.4) is 0 Å². The van der Waals surface area contributed by atoms with Crippen LogP contribution in [0.1, 0.15) is 33.4 Å². The van der Waals surface area contributed by atoms with Gasteiger partial charge in [0.05, 0.1) is 31.0 Å². The van der Waals surface area contributed by atoms with E-state index in [-0.39, 0.29) is 12.4 Å². The predicted octanol–water partition coefficient (Wildman–Crippen LogP) is 4.29. The van der Waals surface area contributed by atoms with Crippen LogP contribution in [0, 0.1) is 0 Å². The largest absolute Gasteiger partial charge is 0.489 e. The Balaban J connectivity index is 2.23. The lowest BCUT2D eigenvalue weighted by Crippen LogP contribution is -2.27. The van der Waals surface area contributed by atoms with E-state index in [1.165, 1.54) is 11.3 Å². The first kappa shape index (κ1) is 23.6. The zero-order chi connectivity index (χ0) is 22.1. The van der Waals surface area contributed by atoms with Gasteiger partial charge in [-0.2, -0.15) is 0 Å². The number of anilines is 1. The van der Waals surface area contributed by atoms with Gasteiger partial charge in [-0.3, -0.25) is 10.1 Å². The van der Waals surface area contributed by atoms with Gasteiger partial charge in [0.25, 0.3) is 0 Å². The molecular formula is C21H28N2O6S. The van der Waals surface area contributed by atoms with E-state index in [0.717, 1.165) is 5.56 Å². The quantitative estimate of drug-likeness (QED) is 0.463. The highest BCUT2D eigenvalue weighted by molar-refractivity contribution is 7.13. The van der Waals surface area contributed by atoms with Gasteiger partial charge in [0.15, 0.2) is 0 Å². The summed E-state index contributed by atoms with van der Waals surface area (Å²) in [5.74, 6) is 0.175. The Bertz CT molecular complexity index is 859. The Kier molecular flexibility index (Phi) is 8.61. The maximum Gasteiger partial charge on any atom is 0.412 e. The molecule has 2 rings (SSSR count). The molecule has 1 amide bonds. The average Bonchev–Trinajstić information content (AvgIpc) is 3.10. The zero-order valence-corrected chi connectivity index (χ0v) is 18.8. The van der Waals surface area contributed by atoms with Gasteiger partial charge in [-0.1, -0.05) is 0 Å². The minimum absolute atomic E-state index is 0.117. The number of rotatable bonds is 9. The molecule has 0 aliphatic carbocycles. The molecule has 0 spiro atoms. The van der Waals surface area contributed by atoms with Gasteiger partial charge in [0, 0.05) is 18.1 Å². The van der Waals surface area contributed by atoms with E-state index in [4.69, 9.17) is 18.9 Å². The number of nitrogens with one attached hydrogen (secondary N) is 1. The maximum atomic E-state index is 12.3. The van der Waals surface area contributed by atoms with Crippen molar-refractivity contribution in [2.24, 2.45) is 0 Å². The number of esters is 1. The van der Waals surface area contributed by atoms with Crippen LogP contribution >= 0.6 is 11.3 Å². The normalized spacial score (nSPS) is 11.1. The highest BCUT2D eigenvalue weighted by Gasteiger charge is 2.19. The number of ether oxygens (including phenoxy) is 4. The summed E-state index contributed by atoms with van der Waals surface area (Å²) in [6, 6.07) is 5.36. The highest BCUT2D eigenvalue weighted by Crippen LogP contribution is 2.33. The van der Waals surface area contributed by atoms with Crippen LogP contribution in [0.15, 0.2) is 23.6 Å². The molecule has 0 unspecified atom stereocenters. The SMILES string of the molecule is CCOC(=O)Cc1csc(-c2ccc(OCCOC)c(NC(=O)OC(C)(C)C)c2)n1. The molecule has 0 bridgehead atoms. The van der Waals surface area contributed by atoms with Crippen molar-refractivity contribution in [1.82, 2.24) is 4.98 Å². The lowest BCUT2D eigenvalue weighted by Gasteiger charge is -2.20. The number of nitrogens with zero attached hydrogens (tertiary/aromatic N) is 1. The molecule has 9 heteroatoms. The van der Waals surface area contributed by atoms with E-state index in [1.807, 2.05) is 11.4 Å². The Morgan fingerprint density at radius 3 is 2.63 bits per heavy atom. The van der Waals surface area contributed by atoms with E-state index in [2.05, 4.69) is 10.3 Å². The van der Waals surface area contributed by atoms with Gasteiger partial charge in [0.2, 0.25) is 0 Å². The number of amides is 1. The van der Waals surface area contributed by atoms with Crippen molar-refractivity contribution in [3.8, 4) is 16.3 Å². The number of benzene rings is 1. The van der Waals surface area contributed by atoms with Crippen LogP contribution in [0.2, 0.25) is 0 Å². The second-order valence-corrected chi connectivity index (χ2v) is 8.16. The van der Waals surface area contributed by atoms with Gasteiger partial charge in [-0.05, 0) is 45.9 Å². The molecule has 30 heavy (non-hydrogen) atoms. The molecule has 0 aliphatic rings. The molecule has 0 saturated carbocycles. The minimum atomic E-state index is -0.629. The van der Waals surface area contributed by atoms with Crippen molar-refractivity contribution >= 4 is 29.1 Å². The van der Waals surface area contributed by atoms with Gasteiger partial charge in [0.1, 0.15) is 23.0 Å². The highest BCUT2D eigenvalue weighted by atomic mass is 32.1. The summed E-state index contributed by atoms with van der Waals surface area (Å²) in [5, 5.41) is 5.26. The molecule has 0 fully saturated rings. The van der Waals surface area contributed by atoms with Crippen molar-refractivity contribution in [2.75, 3.05) is 32.2 Å². The number of carbonyl (C=O) groups excluding carboxylic acids is 2. The minimum Gasteiger partial charge on any atom is -0.489 e. The van der Waals surface area contributed by atoms with Crippen molar-refractivity contribution in [3.63, 3.8) is 0 Å². The Hall–Kier alpha value is -2.65. The molecular weight excluding hydrogens is 408 g/mol. The number of hydrogen-bond acceptors (Lipinski definition) is 8. The molecule has 2 aromatic rings. The third kappa shape index (κ3) is 7.64. The lowest BCUT2D eigenvalue weighted by atomic mass is 10.2. The summed E-state index contributed by atoms with van der Waals surface area (Å²) in [6.45, 7) is 8.22. The fraction of sp³-hybridized carbons (Fsp3) is 0.476. The molecule has 1 N–H and O–H groups in total. The van der Waals surface area contributed by atoms with Crippen LogP contribution in [-0.4, -0.2) is 49.6 Å². The predicted molar refractivity (Wildman–Crippen MR) is 115 cm³/mol. The number of hydrogen-bond donors (Lipinski definition) is 1. The number of carbonyl (C=O) groups is 2. The van der Waals surface area contributed by atoms with Crippen molar-refractivity contribution in [3.05, 3.63) is 29.3 Å². The molecule has 0 atom stereocenters. The molecule has 0 saturated heterocycles. The monoisotopic (exact) mass is 436 g/mol. The summed E-state index contributed by atoms with van der Waals surface area (Å²) >= 11 is 1.40. The van der Waals surface area contributed by atoms with E-state index in [0.29, 0.717) is 42.0 Å². The third-order valence-corrected chi connectivity index (χ3v) is 4.53. The van der Waals surface area contributed by atoms with Gasteiger partial charge in [-0.25, -0.2) is 9.78 Å². The van der Waals surface area contributed by atoms with Crippen molar-refractivity contribution in [1.29, 1.82) is 0 Å². The molecule has 1 aromatic carbocycles. The topological polar surface area (TPSA) is 96.0 Å². The second kappa shape index (κ2) is 10.9. The first-order valence-electron chi connectivity index (χ1n) is 9.58. The summed E-state index contributed by atoms with van der Waals surface area (Å²) in [4.78, 5) is 28.4. The molecule has 0 radical (unpaired) electrons. The maximum absolute atomic E-state index is 12.3. The fourth-order valence-corrected chi connectivity index (χ4v) is 3.23.